The molecule has 3 N–H and O–H groups in total. The maximum Gasteiger partial charge on any atom is 0.134 e. The molecule has 5 nitrogen and oxygen atoms in total. The quantitative estimate of drug-likeness (QED) is 0.693. The molecule has 1 aromatic rings. The van der Waals surface area contributed by atoms with Gasteiger partial charge in [-0.25, -0.2) is 9.97 Å². The van der Waals surface area contributed by atoms with Gasteiger partial charge in [0.1, 0.15) is 18.0 Å². The number of anilines is 2. The van der Waals surface area contributed by atoms with Gasteiger partial charge in [0.2, 0.25) is 0 Å². The molecule has 102 valence electrons. The van der Waals surface area contributed by atoms with E-state index >= 15 is 0 Å². The van der Waals surface area contributed by atoms with Crippen LogP contribution in [0.2, 0.25) is 0 Å². The summed E-state index contributed by atoms with van der Waals surface area (Å²) in [6.07, 6.45) is 3.82. The Morgan fingerprint density at radius 2 is 1.78 bits per heavy atom. The average molecular weight is 252 g/mol. The van der Waals surface area contributed by atoms with Crippen LogP contribution in [0.3, 0.4) is 0 Å². The first-order valence-corrected chi connectivity index (χ1v) is 6.58. The Hall–Kier alpha value is -1.36. The maximum atomic E-state index is 10.3. The summed E-state index contributed by atoms with van der Waals surface area (Å²) < 4.78 is 0. The average Bonchev–Trinajstić information content (AvgIpc) is 2.44. The molecular weight excluding hydrogens is 228 g/mol. The van der Waals surface area contributed by atoms with E-state index in [9.17, 15) is 5.11 Å². The highest BCUT2D eigenvalue weighted by Gasteiger charge is 2.22. The number of hydrogen-bond donors (Lipinski definition) is 3. The van der Waals surface area contributed by atoms with Crippen LogP contribution in [0.4, 0.5) is 11.6 Å². The fourth-order valence-electron chi connectivity index (χ4n) is 1.86. The number of aromatic nitrogens is 2. The standard InChI is InChI=1S/C13H24N4O/c1-5-10-11(14-4)16-9-17-12(10)15-8-13(18,6-2)7-3/h9,18H,5-8H2,1-4H3,(H2,14,15,16,17). The molecule has 0 unspecified atom stereocenters. The van der Waals surface area contributed by atoms with Crippen LogP contribution in [0.1, 0.15) is 39.2 Å². The fraction of sp³-hybridized carbons (Fsp3) is 0.692. The molecular formula is C13H24N4O. The lowest BCUT2D eigenvalue weighted by Gasteiger charge is -2.26. The van der Waals surface area contributed by atoms with Crippen molar-refractivity contribution in [1.29, 1.82) is 0 Å². The van der Waals surface area contributed by atoms with E-state index in [-0.39, 0.29) is 0 Å². The van der Waals surface area contributed by atoms with Gasteiger partial charge in [0.05, 0.1) is 5.60 Å². The van der Waals surface area contributed by atoms with Crippen molar-refractivity contribution >= 4 is 11.6 Å². The monoisotopic (exact) mass is 252 g/mol. The Kier molecular flexibility index (Phi) is 5.34. The van der Waals surface area contributed by atoms with Gasteiger partial charge in [0.25, 0.3) is 0 Å². The van der Waals surface area contributed by atoms with Crippen molar-refractivity contribution in [3.05, 3.63) is 11.9 Å². The smallest absolute Gasteiger partial charge is 0.134 e. The Balaban J connectivity index is 2.84. The van der Waals surface area contributed by atoms with Crippen LogP contribution in [0.5, 0.6) is 0 Å². The van der Waals surface area contributed by atoms with Gasteiger partial charge in [-0.05, 0) is 19.3 Å². The summed E-state index contributed by atoms with van der Waals surface area (Å²) in [7, 11) is 1.85. The van der Waals surface area contributed by atoms with Gasteiger partial charge in [0.15, 0.2) is 0 Å². The minimum Gasteiger partial charge on any atom is -0.388 e. The molecule has 18 heavy (non-hydrogen) atoms. The van der Waals surface area contributed by atoms with Gasteiger partial charge in [-0.15, -0.1) is 0 Å². The van der Waals surface area contributed by atoms with Crippen LogP contribution in [-0.2, 0) is 6.42 Å². The highest BCUT2D eigenvalue weighted by atomic mass is 16.3. The minimum atomic E-state index is -0.671. The summed E-state index contributed by atoms with van der Waals surface area (Å²) in [5.74, 6) is 1.64. The lowest BCUT2D eigenvalue weighted by molar-refractivity contribution is 0.0456. The lowest BCUT2D eigenvalue weighted by atomic mass is 9.97. The molecule has 0 saturated carbocycles. The Morgan fingerprint density at radius 3 is 2.28 bits per heavy atom. The first kappa shape index (κ1) is 14.7. The van der Waals surface area contributed by atoms with Crippen LogP contribution >= 0.6 is 0 Å². The summed E-state index contributed by atoms with van der Waals surface area (Å²) in [6.45, 7) is 6.56. The van der Waals surface area contributed by atoms with Crippen LogP contribution < -0.4 is 10.6 Å². The number of nitrogens with zero attached hydrogens (tertiary/aromatic N) is 2. The summed E-state index contributed by atoms with van der Waals surface area (Å²) in [6, 6.07) is 0. The number of aliphatic hydroxyl groups is 1. The molecule has 0 aliphatic carbocycles. The van der Waals surface area contributed by atoms with Gasteiger partial charge in [-0.3, -0.25) is 0 Å². The van der Waals surface area contributed by atoms with Crippen LogP contribution in [0, 0.1) is 0 Å². The van der Waals surface area contributed by atoms with E-state index in [1.165, 1.54) is 6.33 Å². The lowest BCUT2D eigenvalue weighted by Crippen LogP contribution is -2.35. The van der Waals surface area contributed by atoms with E-state index < -0.39 is 5.60 Å². The predicted molar refractivity (Wildman–Crippen MR) is 75.0 cm³/mol. The van der Waals surface area contributed by atoms with E-state index in [0.29, 0.717) is 6.54 Å². The third kappa shape index (κ3) is 3.32. The molecule has 0 aromatic carbocycles. The van der Waals surface area contributed by atoms with Crippen LogP contribution in [-0.4, -0.2) is 34.3 Å². The molecule has 0 fully saturated rings. The van der Waals surface area contributed by atoms with E-state index in [2.05, 4.69) is 27.5 Å². The third-order valence-electron chi connectivity index (χ3n) is 3.44. The highest BCUT2D eigenvalue weighted by molar-refractivity contribution is 5.57. The largest absolute Gasteiger partial charge is 0.388 e. The minimum absolute atomic E-state index is 0.507. The summed E-state index contributed by atoms with van der Waals surface area (Å²) in [5, 5.41) is 16.6. The normalized spacial score (nSPS) is 11.4. The summed E-state index contributed by atoms with van der Waals surface area (Å²) >= 11 is 0. The highest BCUT2D eigenvalue weighted by Crippen LogP contribution is 2.22. The first-order valence-electron chi connectivity index (χ1n) is 6.58. The van der Waals surface area contributed by atoms with E-state index in [1.807, 2.05) is 20.9 Å². The second kappa shape index (κ2) is 6.54. The van der Waals surface area contributed by atoms with Crippen molar-refractivity contribution < 1.29 is 5.11 Å². The molecule has 1 aromatic heterocycles. The number of rotatable bonds is 7. The van der Waals surface area contributed by atoms with Crippen molar-refractivity contribution in [2.75, 3.05) is 24.2 Å². The fourth-order valence-corrected chi connectivity index (χ4v) is 1.86. The molecule has 0 atom stereocenters. The zero-order chi connectivity index (χ0) is 13.6. The van der Waals surface area contributed by atoms with Gasteiger partial charge < -0.3 is 15.7 Å². The third-order valence-corrected chi connectivity index (χ3v) is 3.44. The first-order chi connectivity index (χ1) is 8.60. The van der Waals surface area contributed by atoms with Crippen LogP contribution in [0.25, 0.3) is 0 Å². The molecule has 0 spiro atoms. The Bertz CT molecular complexity index is 377. The second-order valence-electron chi connectivity index (χ2n) is 4.44. The van der Waals surface area contributed by atoms with Gasteiger partial charge in [-0.1, -0.05) is 20.8 Å². The van der Waals surface area contributed by atoms with E-state index in [4.69, 9.17) is 0 Å². The number of nitrogens with one attached hydrogen (secondary N) is 2. The molecule has 0 saturated heterocycles. The predicted octanol–water partition coefficient (Wildman–Crippen LogP) is 2.04. The molecule has 1 rings (SSSR count). The summed E-state index contributed by atoms with van der Waals surface area (Å²) in [5.41, 5.74) is 0.380. The Labute approximate surface area is 109 Å². The van der Waals surface area contributed by atoms with Gasteiger partial charge >= 0.3 is 0 Å². The molecule has 0 bridgehead atoms. The van der Waals surface area contributed by atoms with E-state index in [1.54, 1.807) is 0 Å². The van der Waals surface area contributed by atoms with Crippen molar-refractivity contribution in [2.45, 2.75) is 45.6 Å². The zero-order valence-electron chi connectivity index (χ0n) is 11.7. The van der Waals surface area contributed by atoms with E-state index in [0.717, 1.165) is 36.5 Å². The molecule has 0 aliphatic rings. The van der Waals surface area contributed by atoms with Gasteiger partial charge in [-0.2, -0.15) is 0 Å². The molecule has 0 aliphatic heterocycles. The van der Waals surface area contributed by atoms with Gasteiger partial charge in [0, 0.05) is 19.2 Å². The zero-order valence-corrected chi connectivity index (χ0v) is 11.7. The van der Waals surface area contributed by atoms with Crippen molar-refractivity contribution in [2.24, 2.45) is 0 Å². The van der Waals surface area contributed by atoms with Crippen molar-refractivity contribution in [1.82, 2.24) is 9.97 Å². The SMILES string of the molecule is CCc1c(NC)ncnc1NCC(O)(CC)CC. The molecule has 5 heteroatoms. The molecule has 0 radical (unpaired) electrons. The maximum absolute atomic E-state index is 10.3. The second-order valence-corrected chi connectivity index (χ2v) is 4.44. The Morgan fingerprint density at radius 1 is 1.17 bits per heavy atom. The van der Waals surface area contributed by atoms with Crippen LogP contribution in [0.15, 0.2) is 6.33 Å². The topological polar surface area (TPSA) is 70.1 Å². The van der Waals surface area contributed by atoms with Crippen molar-refractivity contribution in [3.8, 4) is 0 Å². The van der Waals surface area contributed by atoms with Crippen molar-refractivity contribution in [3.63, 3.8) is 0 Å². The molecule has 1 heterocycles. The number of hydrogen-bond acceptors (Lipinski definition) is 5. The summed E-state index contributed by atoms with van der Waals surface area (Å²) in [4.78, 5) is 8.45. The molecule has 0 amide bonds.